The molecule has 0 radical (unpaired) electrons. The van der Waals surface area contributed by atoms with Gasteiger partial charge in [0.2, 0.25) is 5.95 Å². The van der Waals surface area contributed by atoms with Crippen LogP contribution in [0.1, 0.15) is 41.6 Å². The molecule has 34 heavy (non-hydrogen) atoms. The SMILES string of the molecule is Cc1ccc2nc(NC(=O)c3ccccc3N(C)C)nc(N[C@H]3CCCC[C@H]3N=C(N)N)c2c1. The number of amides is 1. The lowest BCUT2D eigenvalue weighted by atomic mass is 9.90. The highest BCUT2D eigenvalue weighted by molar-refractivity contribution is 6.08. The zero-order valence-corrected chi connectivity index (χ0v) is 19.9. The maximum absolute atomic E-state index is 13.1. The molecule has 1 fully saturated rings. The van der Waals surface area contributed by atoms with Crippen LogP contribution in [0.3, 0.4) is 0 Å². The number of anilines is 3. The first kappa shape index (κ1) is 23.3. The van der Waals surface area contributed by atoms with E-state index in [1.54, 1.807) is 6.07 Å². The van der Waals surface area contributed by atoms with Crippen LogP contribution in [0.2, 0.25) is 0 Å². The molecule has 4 rings (SSSR count). The predicted octanol–water partition coefficient (Wildman–Crippen LogP) is 3.25. The smallest absolute Gasteiger partial charge is 0.260 e. The molecule has 2 aromatic carbocycles. The number of hydrogen-bond acceptors (Lipinski definition) is 6. The molecule has 0 unspecified atom stereocenters. The first-order valence-corrected chi connectivity index (χ1v) is 11.5. The Labute approximate surface area is 199 Å². The molecule has 1 heterocycles. The molecule has 0 bridgehead atoms. The first-order chi connectivity index (χ1) is 16.3. The number of fused-ring (bicyclic) bond motifs is 1. The van der Waals surface area contributed by atoms with Crippen LogP contribution in [0.15, 0.2) is 47.5 Å². The van der Waals surface area contributed by atoms with Gasteiger partial charge in [0.05, 0.1) is 23.2 Å². The molecule has 9 nitrogen and oxygen atoms in total. The summed E-state index contributed by atoms with van der Waals surface area (Å²) in [5.41, 5.74) is 14.6. The van der Waals surface area contributed by atoms with Gasteiger partial charge >= 0.3 is 0 Å². The minimum Gasteiger partial charge on any atom is -0.377 e. The molecule has 1 aliphatic carbocycles. The Bertz CT molecular complexity index is 1220. The maximum atomic E-state index is 13.1. The molecule has 1 saturated carbocycles. The fourth-order valence-electron chi connectivity index (χ4n) is 4.43. The van der Waals surface area contributed by atoms with Crippen molar-refractivity contribution in [3.05, 3.63) is 53.6 Å². The van der Waals surface area contributed by atoms with E-state index < -0.39 is 0 Å². The summed E-state index contributed by atoms with van der Waals surface area (Å²) in [4.78, 5) is 28.8. The number of guanidine groups is 1. The topological polar surface area (TPSA) is 135 Å². The Balaban J connectivity index is 1.69. The summed E-state index contributed by atoms with van der Waals surface area (Å²) in [7, 11) is 3.81. The third-order valence-electron chi connectivity index (χ3n) is 6.07. The zero-order valence-electron chi connectivity index (χ0n) is 19.9. The van der Waals surface area contributed by atoms with Gasteiger partial charge in [-0.15, -0.1) is 0 Å². The molecule has 178 valence electrons. The Kier molecular flexibility index (Phi) is 6.81. The maximum Gasteiger partial charge on any atom is 0.260 e. The fraction of sp³-hybridized carbons (Fsp3) is 0.360. The van der Waals surface area contributed by atoms with Crippen molar-refractivity contribution < 1.29 is 4.79 Å². The fourth-order valence-corrected chi connectivity index (χ4v) is 4.43. The summed E-state index contributed by atoms with van der Waals surface area (Å²) in [6.45, 7) is 2.03. The van der Waals surface area contributed by atoms with Crippen LogP contribution in [-0.2, 0) is 0 Å². The molecule has 0 saturated heterocycles. The van der Waals surface area contributed by atoms with E-state index in [-0.39, 0.29) is 29.9 Å². The number of carbonyl (C=O) groups is 1. The summed E-state index contributed by atoms with van der Waals surface area (Å²) >= 11 is 0. The summed E-state index contributed by atoms with van der Waals surface area (Å²) in [6, 6.07) is 13.4. The highest BCUT2D eigenvalue weighted by Crippen LogP contribution is 2.29. The monoisotopic (exact) mass is 460 g/mol. The minimum absolute atomic E-state index is 0.0291. The van der Waals surface area contributed by atoms with Crippen molar-refractivity contribution in [2.45, 2.75) is 44.7 Å². The number of rotatable bonds is 6. The van der Waals surface area contributed by atoms with E-state index in [4.69, 9.17) is 16.5 Å². The summed E-state index contributed by atoms with van der Waals surface area (Å²) in [5, 5.41) is 7.34. The second-order valence-corrected chi connectivity index (χ2v) is 8.94. The number of nitrogens with zero attached hydrogens (tertiary/aromatic N) is 4. The lowest BCUT2D eigenvalue weighted by molar-refractivity contribution is 0.102. The third kappa shape index (κ3) is 5.19. The number of hydrogen-bond donors (Lipinski definition) is 4. The molecule has 1 aliphatic rings. The number of aryl methyl sites for hydroxylation is 1. The van der Waals surface area contributed by atoms with Crippen molar-refractivity contribution in [2.75, 3.05) is 29.6 Å². The van der Waals surface area contributed by atoms with Gasteiger partial charge < -0.3 is 21.7 Å². The number of nitrogens with one attached hydrogen (secondary N) is 2. The largest absolute Gasteiger partial charge is 0.377 e. The second-order valence-electron chi connectivity index (χ2n) is 8.94. The lowest BCUT2D eigenvalue weighted by Crippen LogP contribution is -2.38. The molecule has 0 spiro atoms. The van der Waals surface area contributed by atoms with Gasteiger partial charge in [-0.25, -0.2) is 9.98 Å². The van der Waals surface area contributed by atoms with Crippen molar-refractivity contribution in [3.63, 3.8) is 0 Å². The summed E-state index contributed by atoms with van der Waals surface area (Å²) < 4.78 is 0. The number of para-hydroxylation sites is 1. The van der Waals surface area contributed by atoms with Gasteiger partial charge in [-0.2, -0.15) is 4.98 Å². The van der Waals surface area contributed by atoms with Crippen LogP contribution >= 0.6 is 0 Å². The first-order valence-electron chi connectivity index (χ1n) is 11.5. The second kappa shape index (κ2) is 9.94. The summed E-state index contributed by atoms with van der Waals surface area (Å²) in [5.74, 6) is 0.728. The molecule has 1 aromatic heterocycles. The Morgan fingerprint density at radius 3 is 2.62 bits per heavy atom. The molecular formula is C25H32N8O. The number of nitrogens with two attached hydrogens (primary N) is 2. The molecule has 1 amide bonds. The molecule has 0 aliphatic heterocycles. The van der Waals surface area contributed by atoms with Gasteiger partial charge in [0.1, 0.15) is 5.82 Å². The van der Waals surface area contributed by atoms with Gasteiger partial charge in [-0.1, -0.05) is 36.6 Å². The van der Waals surface area contributed by atoms with E-state index in [2.05, 4.69) is 20.6 Å². The van der Waals surface area contributed by atoms with Crippen molar-refractivity contribution in [1.82, 2.24) is 9.97 Å². The molecule has 2 atom stereocenters. The van der Waals surface area contributed by atoms with Gasteiger partial charge in [0.15, 0.2) is 5.96 Å². The van der Waals surface area contributed by atoms with Gasteiger partial charge in [-0.3, -0.25) is 10.1 Å². The normalized spacial score (nSPS) is 17.7. The molecule has 9 heteroatoms. The number of aliphatic imine (C=N–C) groups is 1. The van der Waals surface area contributed by atoms with Crippen molar-refractivity contribution >= 4 is 40.2 Å². The highest BCUT2D eigenvalue weighted by Gasteiger charge is 2.26. The average molecular weight is 461 g/mol. The molecular weight excluding hydrogens is 428 g/mol. The predicted molar refractivity (Wildman–Crippen MR) is 138 cm³/mol. The Morgan fingerprint density at radius 1 is 1.09 bits per heavy atom. The number of aromatic nitrogens is 2. The third-order valence-corrected chi connectivity index (χ3v) is 6.07. The van der Waals surface area contributed by atoms with Crippen molar-refractivity contribution in [2.24, 2.45) is 16.5 Å². The van der Waals surface area contributed by atoms with Crippen molar-refractivity contribution in [1.29, 1.82) is 0 Å². The van der Waals surface area contributed by atoms with Crippen LogP contribution in [-0.4, -0.2) is 48.0 Å². The van der Waals surface area contributed by atoms with Gasteiger partial charge in [0.25, 0.3) is 5.91 Å². The molecule has 6 N–H and O–H groups in total. The average Bonchev–Trinajstić information content (AvgIpc) is 2.80. The quantitative estimate of drug-likeness (QED) is 0.328. The minimum atomic E-state index is -0.266. The van der Waals surface area contributed by atoms with Gasteiger partial charge in [0, 0.05) is 25.2 Å². The molecule has 3 aromatic rings. The highest BCUT2D eigenvalue weighted by atomic mass is 16.1. The Morgan fingerprint density at radius 2 is 1.85 bits per heavy atom. The number of benzene rings is 2. The van der Waals surface area contributed by atoms with Crippen molar-refractivity contribution in [3.8, 4) is 0 Å². The standard InChI is InChI=1S/C25H32N8O/c1-15-12-13-18-17(14-15)22(28-19-9-5-6-10-20(19)29-24(26)27)31-25(30-18)32-23(34)16-8-4-7-11-21(16)33(2)3/h4,7-8,11-14,19-20H,5-6,9-10H2,1-3H3,(H4,26,27,29)(H2,28,30,31,32,34)/t19-,20+/m0/s1. The van der Waals surface area contributed by atoms with E-state index in [1.807, 2.05) is 62.3 Å². The van der Waals surface area contributed by atoms with E-state index in [9.17, 15) is 4.79 Å². The lowest BCUT2D eigenvalue weighted by Gasteiger charge is -2.30. The van der Waals surface area contributed by atoms with Gasteiger partial charge in [-0.05, 0) is 44.0 Å². The van der Waals surface area contributed by atoms with E-state index in [1.165, 1.54) is 0 Å². The Hall–Kier alpha value is -3.88. The van der Waals surface area contributed by atoms with E-state index in [0.29, 0.717) is 11.4 Å². The van der Waals surface area contributed by atoms with Crippen LogP contribution < -0.4 is 27.0 Å². The van der Waals surface area contributed by atoms with E-state index >= 15 is 0 Å². The summed E-state index contributed by atoms with van der Waals surface area (Å²) in [6.07, 6.45) is 4.00. The van der Waals surface area contributed by atoms with Crippen LogP contribution in [0, 0.1) is 6.92 Å². The number of carbonyl (C=O) groups excluding carboxylic acids is 1. The van der Waals surface area contributed by atoms with Crippen LogP contribution in [0.4, 0.5) is 17.5 Å². The van der Waals surface area contributed by atoms with E-state index in [0.717, 1.165) is 47.8 Å². The zero-order chi connectivity index (χ0) is 24.2. The van der Waals surface area contributed by atoms with Crippen LogP contribution in [0.5, 0.6) is 0 Å². The van der Waals surface area contributed by atoms with Crippen LogP contribution in [0.25, 0.3) is 10.9 Å².